The molecule has 0 radical (unpaired) electrons. The Morgan fingerprint density at radius 3 is 3.07 bits per heavy atom. The lowest BCUT2D eigenvalue weighted by molar-refractivity contribution is -0.127. The average molecular weight is 210 g/mol. The van der Waals surface area contributed by atoms with Gasteiger partial charge in [-0.1, -0.05) is 6.42 Å². The van der Waals surface area contributed by atoms with Crippen LogP contribution < -0.4 is 5.32 Å². The Balaban J connectivity index is 1.65. The van der Waals surface area contributed by atoms with Crippen LogP contribution in [-0.2, 0) is 11.2 Å². The van der Waals surface area contributed by atoms with E-state index in [2.05, 4.69) is 10.3 Å². The molecule has 0 unspecified atom stereocenters. The normalized spacial score (nSPS) is 16.3. The van der Waals surface area contributed by atoms with Crippen molar-refractivity contribution in [3.05, 3.63) is 16.6 Å². The first-order valence-electron chi connectivity index (χ1n) is 5.02. The van der Waals surface area contributed by atoms with Gasteiger partial charge in [-0.25, -0.2) is 4.98 Å². The zero-order valence-electron chi connectivity index (χ0n) is 8.03. The number of nitrogens with one attached hydrogen (secondary N) is 1. The molecule has 0 aliphatic heterocycles. The standard InChI is InChI=1S/C10H14N2OS/c13-10(8-2-1-3-8)12-5-4-9-11-6-7-14-9/h6-8H,1-5H2,(H,12,13). The van der Waals surface area contributed by atoms with Crippen LogP contribution in [0.5, 0.6) is 0 Å². The Hall–Kier alpha value is -0.900. The van der Waals surface area contributed by atoms with Crippen molar-refractivity contribution < 1.29 is 4.79 Å². The van der Waals surface area contributed by atoms with Crippen molar-refractivity contribution >= 4 is 17.2 Å². The maximum Gasteiger partial charge on any atom is 0.223 e. The second-order valence-electron chi connectivity index (χ2n) is 3.59. The monoisotopic (exact) mass is 210 g/mol. The van der Waals surface area contributed by atoms with Gasteiger partial charge in [-0.2, -0.15) is 0 Å². The van der Waals surface area contributed by atoms with Crippen LogP contribution in [0.25, 0.3) is 0 Å². The fourth-order valence-corrected chi connectivity index (χ4v) is 2.10. The first-order chi connectivity index (χ1) is 6.86. The van der Waals surface area contributed by atoms with Crippen LogP contribution in [0, 0.1) is 5.92 Å². The maximum absolute atomic E-state index is 11.4. The molecule has 76 valence electrons. The summed E-state index contributed by atoms with van der Waals surface area (Å²) in [4.78, 5) is 15.6. The van der Waals surface area contributed by atoms with Gasteiger partial charge in [0, 0.05) is 30.5 Å². The summed E-state index contributed by atoms with van der Waals surface area (Å²) >= 11 is 1.64. The largest absolute Gasteiger partial charge is 0.355 e. The van der Waals surface area contributed by atoms with Crippen LogP contribution in [-0.4, -0.2) is 17.4 Å². The topological polar surface area (TPSA) is 42.0 Å². The van der Waals surface area contributed by atoms with Crippen LogP contribution in [0.1, 0.15) is 24.3 Å². The highest BCUT2D eigenvalue weighted by Crippen LogP contribution is 2.26. The fraction of sp³-hybridized carbons (Fsp3) is 0.600. The summed E-state index contributed by atoms with van der Waals surface area (Å²) in [6.45, 7) is 0.725. The molecular weight excluding hydrogens is 196 g/mol. The molecule has 1 aromatic heterocycles. The molecule has 0 saturated heterocycles. The third-order valence-electron chi connectivity index (χ3n) is 2.60. The second kappa shape index (κ2) is 4.55. The molecule has 1 aliphatic carbocycles. The van der Waals surface area contributed by atoms with E-state index in [4.69, 9.17) is 0 Å². The summed E-state index contributed by atoms with van der Waals surface area (Å²) in [7, 11) is 0. The van der Waals surface area contributed by atoms with Gasteiger partial charge in [0.15, 0.2) is 0 Å². The van der Waals surface area contributed by atoms with Gasteiger partial charge in [0.05, 0.1) is 5.01 Å². The molecule has 1 heterocycles. The predicted molar refractivity (Wildman–Crippen MR) is 56.2 cm³/mol. The SMILES string of the molecule is O=C(NCCc1nccs1)C1CCC1. The van der Waals surface area contributed by atoms with Crippen molar-refractivity contribution in [1.29, 1.82) is 0 Å². The van der Waals surface area contributed by atoms with Gasteiger partial charge in [-0.15, -0.1) is 11.3 Å². The lowest BCUT2D eigenvalue weighted by atomic mass is 9.85. The number of hydrogen-bond donors (Lipinski definition) is 1. The molecule has 0 bridgehead atoms. The summed E-state index contributed by atoms with van der Waals surface area (Å²) < 4.78 is 0. The Labute approximate surface area is 87.6 Å². The molecule has 14 heavy (non-hydrogen) atoms. The lowest BCUT2D eigenvalue weighted by Gasteiger charge is -2.23. The number of amides is 1. The molecule has 2 rings (SSSR count). The Morgan fingerprint density at radius 1 is 1.64 bits per heavy atom. The molecular formula is C10H14N2OS. The van der Waals surface area contributed by atoms with Gasteiger partial charge in [-0.05, 0) is 12.8 Å². The van der Waals surface area contributed by atoms with Crippen LogP contribution in [0.3, 0.4) is 0 Å². The van der Waals surface area contributed by atoms with E-state index in [0.29, 0.717) is 5.92 Å². The highest BCUT2D eigenvalue weighted by atomic mass is 32.1. The van der Waals surface area contributed by atoms with Crippen LogP contribution in [0.15, 0.2) is 11.6 Å². The first kappa shape index (κ1) is 9.65. The van der Waals surface area contributed by atoms with E-state index in [1.165, 1.54) is 6.42 Å². The van der Waals surface area contributed by atoms with Crippen LogP contribution in [0.2, 0.25) is 0 Å². The van der Waals surface area contributed by atoms with Crippen molar-refractivity contribution in [2.75, 3.05) is 6.54 Å². The third kappa shape index (κ3) is 2.32. The quantitative estimate of drug-likeness (QED) is 0.820. The maximum atomic E-state index is 11.4. The summed E-state index contributed by atoms with van der Waals surface area (Å²) in [5, 5.41) is 6.01. The van der Waals surface area contributed by atoms with Crippen molar-refractivity contribution in [3.63, 3.8) is 0 Å². The smallest absolute Gasteiger partial charge is 0.223 e. The minimum absolute atomic E-state index is 0.229. The summed E-state index contributed by atoms with van der Waals surface area (Å²) in [5.41, 5.74) is 0. The Morgan fingerprint density at radius 2 is 2.50 bits per heavy atom. The summed E-state index contributed by atoms with van der Waals surface area (Å²) in [6, 6.07) is 0. The van der Waals surface area contributed by atoms with Crippen LogP contribution in [0.4, 0.5) is 0 Å². The Bertz CT molecular complexity index is 293. The highest BCUT2D eigenvalue weighted by Gasteiger charge is 2.24. The lowest BCUT2D eigenvalue weighted by Crippen LogP contribution is -2.35. The summed E-state index contributed by atoms with van der Waals surface area (Å²) in [5.74, 6) is 0.527. The molecule has 3 nitrogen and oxygen atoms in total. The minimum Gasteiger partial charge on any atom is -0.355 e. The fourth-order valence-electron chi connectivity index (χ4n) is 1.48. The second-order valence-corrected chi connectivity index (χ2v) is 4.57. The molecule has 0 atom stereocenters. The van der Waals surface area contributed by atoms with Crippen molar-refractivity contribution in [2.24, 2.45) is 5.92 Å². The van der Waals surface area contributed by atoms with Crippen molar-refractivity contribution in [2.45, 2.75) is 25.7 Å². The number of thiazole rings is 1. The van der Waals surface area contributed by atoms with Gasteiger partial charge in [-0.3, -0.25) is 4.79 Å². The zero-order valence-corrected chi connectivity index (χ0v) is 8.85. The molecule has 1 saturated carbocycles. The molecule has 1 N–H and O–H groups in total. The number of nitrogens with zero attached hydrogens (tertiary/aromatic N) is 1. The Kier molecular flexibility index (Phi) is 3.14. The van der Waals surface area contributed by atoms with Gasteiger partial charge in [0.1, 0.15) is 0 Å². The number of aromatic nitrogens is 1. The van der Waals surface area contributed by atoms with Gasteiger partial charge in [0.25, 0.3) is 0 Å². The van der Waals surface area contributed by atoms with E-state index in [-0.39, 0.29) is 5.91 Å². The van der Waals surface area contributed by atoms with E-state index >= 15 is 0 Å². The molecule has 1 amide bonds. The minimum atomic E-state index is 0.229. The number of rotatable bonds is 4. The molecule has 1 fully saturated rings. The summed E-state index contributed by atoms with van der Waals surface area (Å²) in [6.07, 6.45) is 6.01. The van der Waals surface area contributed by atoms with Gasteiger partial charge in [0.2, 0.25) is 5.91 Å². The third-order valence-corrected chi connectivity index (χ3v) is 3.44. The molecule has 1 aromatic rings. The van der Waals surface area contributed by atoms with Gasteiger partial charge >= 0.3 is 0 Å². The molecule has 4 heteroatoms. The van der Waals surface area contributed by atoms with E-state index in [1.54, 1.807) is 17.5 Å². The van der Waals surface area contributed by atoms with Gasteiger partial charge < -0.3 is 5.32 Å². The number of hydrogen-bond acceptors (Lipinski definition) is 3. The molecule has 0 spiro atoms. The zero-order chi connectivity index (χ0) is 9.80. The van der Waals surface area contributed by atoms with E-state index in [0.717, 1.165) is 30.8 Å². The number of carbonyl (C=O) groups excluding carboxylic acids is 1. The molecule has 0 aromatic carbocycles. The van der Waals surface area contributed by atoms with Crippen molar-refractivity contribution in [1.82, 2.24) is 10.3 Å². The van der Waals surface area contributed by atoms with E-state index in [1.807, 2.05) is 5.38 Å². The predicted octanol–water partition coefficient (Wildman–Crippen LogP) is 1.60. The molecule has 1 aliphatic rings. The average Bonchev–Trinajstić information content (AvgIpc) is 2.53. The van der Waals surface area contributed by atoms with E-state index < -0.39 is 0 Å². The number of carbonyl (C=O) groups is 1. The van der Waals surface area contributed by atoms with Crippen molar-refractivity contribution in [3.8, 4) is 0 Å². The first-order valence-corrected chi connectivity index (χ1v) is 5.90. The highest BCUT2D eigenvalue weighted by molar-refractivity contribution is 7.09. The van der Waals surface area contributed by atoms with E-state index in [9.17, 15) is 4.79 Å². The van der Waals surface area contributed by atoms with Crippen LogP contribution >= 0.6 is 11.3 Å².